The predicted octanol–water partition coefficient (Wildman–Crippen LogP) is 2.25. The second-order valence-electron chi connectivity index (χ2n) is 10.4. The van der Waals surface area contributed by atoms with Gasteiger partial charge in [0.1, 0.15) is 12.2 Å². The van der Waals surface area contributed by atoms with Gasteiger partial charge in [-0.05, 0) is 17.5 Å². The highest BCUT2D eigenvalue weighted by Crippen LogP contribution is 2.54. The summed E-state index contributed by atoms with van der Waals surface area (Å²) < 4.78 is 7.73. The zero-order valence-electron chi connectivity index (χ0n) is 21.0. The van der Waals surface area contributed by atoms with Crippen molar-refractivity contribution in [3.8, 4) is 5.88 Å². The molecule has 4 atom stereocenters. The number of hydrogen-bond acceptors (Lipinski definition) is 8. The fourth-order valence-electron chi connectivity index (χ4n) is 5.91. The molecule has 2 aromatic heterocycles. The van der Waals surface area contributed by atoms with Crippen LogP contribution >= 0.6 is 0 Å². The lowest BCUT2D eigenvalue weighted by Gasteiger charge is -2.38. The minimum atomic E-state index is -2.18. The first-order valence-corrected chi connectivity index (χ1v) is 15.5. The molecule has 0 saturated heterocycles. The first-order valence-electron chi connectivity index (χ1n) is 12.5. The topological polar surface area (TPSA) is 140 Å². The third-order valence-electron chi connectivity index (χ3n) is 8.04. The largest absolute Gasteiger partial charge is 0.471 e. The molecule has 4 aromatic rings. The van der Waals surface area contributed by atoms with Crippen molar-refractivity contribution in [3.63, 3.8) is 0 Å². The van der Waals surface area contributed by atoms with Crippen molar-refractivity contribution in [2.75, 3.05) is 18.9 Å². The Hall–Kier alpha value is -3.31. The van der Waals surface area contributed by atoms with E-state index < -0.39 is 32.2 Å². The Morgan fingerprint density at radius 1 is 1.05 bits per heavy atom. The summed E-state index contributed by atoms with van der Waals surface area (Å²) in [6, 6.07) is 19.4. The van der Waals surface area contributed by atoms with Gasteiger partial charge in [-0.3, -0.25) is 0 Å². The van der Waals surface area contributed by atoms with E-state index in [9.17, 15) is 15.3 Å². The molecule has 37 heavy (non-hydrogen) atoms. The van der Waals surface area contributed by atoms with Crippen molar-refractivity contribution in [3.05, 3.63) is 72.6 Å². The Labute approximate surface area is 216 Å². The molecule has 5 N–H and O–H groups in total. The van der Waals surface area contributed by atoms with Crippen LogP contribution in [0.5, 0.6) is 5.88 Å². The lowest BCUT2D eigenvalue weighted by atomic mass is 9.89. The molecule has 0 spiro atoms. The van der Waals surface area contributed by atoms with Gasteiger partial charge in [0.05, 0.1) is 27.0 Å². The van der Waals surface area contributed by atoms with Crippen LogP contribution < -0.4 is 15.7 Å². The Kier molecular flexibility index (Phi) is 6.75. The second kappa shape index (κ2) is 9.86. The third kappa shape index (κ3) is 4.40. The summed E-state index contributed by atoms with van der Waals surface area (Å²) in [5.74, 6) is -0.239. The number of aliphatic hydroxyl groups excluding tert-OH is 2. The van der Waals surface area contributed by atoms with Crippen molar-refractivity contribution in [1.82, 2.24) is 19.5 Å². The normalized spacial score (nSPS) is 24.0. The quantitative estimate of drug-likeness (QED) is 0.260. The van der Waals surface area contributed by atoms with Gasteiger partial charge in [0.25, 0.3) is 0 Å². The van der Waals surface area contributed by atoms with Crippen molar-refractivity contribution < 1.29 is 20.1 Å². The average molecular weight is 520 g/mol. The van der Waals surface area contributed by atoms with Gasteiger partial charge >= 0.3 is 0 Å². The van der Waals surface area contributed by atoms with Crippen molar-refractivity contribution in [2.45, 2.75) is 43.3 Å². The van der Waals surface area contributed by atoms with Gasteiger partial charge in [0, 0.05) is 12.5 Å². The van der Waals surface area contributed by atoms with Crippen LogP contribution in [0.1, 0.15) is 18.0 Å². The van der Waals surface area contributed by atoms with E-state index in [0.717, 1.165) is 5.56 Å². The van der Waals surface area contributed by atoms with Gasteiger partial charge in [0.2, 0.25) is 11.8 Å². The number of ether oxygens (including phenoxy) is 1. The fourth-order valence-corrected chi connectivity index (χ4v) is 9.60. The molecule has 9 nitrogen and oxygen atoms in total. The Morgan fingerprint density at radius 2 is 1.73 bits per heavy atom. The van der Waals surface area contributed by atoms with E-state index >= 15 is 0 Å². The molecule has 10 heteroatoms. The van der Waals surface area contributed by atoms with Crippen LogP contribution in [0.25, 0.3) is 11.2 Å². The van der Waals surface area contributed by atoms with E-state index in [-0.39, 0.29) is 30.6 Å². The van der Waals surface area contributed by atoms with Crippen molar-refractivity contribution >= 4 is 30.4 Å². The molecule has 0 bridgehead atoms. The summed E-state index contributed by atoms with van der Waals surface area (Å²) in [5, 5.41) is 34.1. The zero-order valence-corrected chi connectivity index (χ0v) is 22.0. The number of anilines is 1. The molecule has 0 amide bonds. The lowest BCUT2D eigenvalue weighted by molar-refractivity contribution is -0.0836. The average Bonchev–Trinajstić information content (AvgIpc) is 3.46. The van der Waals surface area contributed by atoms with E-state index in [4.69, 9.17) is 10.5 Å². The van der Waals surface area contributed by atoms with Crippen LogP contribution in [0.4, 0.5) is 5.95 Å². The molecule has 0 unspecified atom stereocenters. The van der Waals surface area contributed by atoms with Crippen LogP contribution in [-0.2, 0) is 6.61 Å². The molecule has 1 aliphatic carbocycles. The van der Waals surface area contributed by atoms with Crippen molar-refractivity contribution in [2.24, 2.45) is 5.92 Å². The Bertz CT molecular complexity index is 1370. The molecule has 1 saturated carbocycles. The molecule has 2 heterocycles. The van der Waals surface area contributed by atoms with Gasteiger partial charge in [-0.15, -0.1) is 0 Å². The van der Waals surface area contributed by atoms with Gasteiger partial charge in [-0.2, -0.15) is 9.97 Å². The fraction of sp³-hybridized carbons (Fsp3) is 0.370. The van der Waals surface area contributed by atoms with Gasteiger partial charge < -0.3 is 30.4 Å². The number of hydrogen-bond donors (Lipinski definition) is 4. The van der Waals surface area contributed by atoms with Crippen LogP contribution in [0.2, 0.25) is 18.6 Å². The molecular formula is C27H33N5O4Si. The summed E-state index contributed by atoms with van der Waals surface area (Å²) >= 11 is 0. The minimum Gasteiger partial charge on any atom is -0.471 e. The number of fused-ring (bicyclic) bond motifs is 1. The number of imidazole rings is 1. The third-order valence-corrected chi connectivity index (χ3v) is 12.4. The molecular weight excluding hydrogens is 486 g/mol. The molecule has 5 rings (SSSR count). The highest BCUT2D eigenvalue weighted by atomic mass is 28.3. The standard InChI is InChI=1S/C27H33N5O4Si/c1-37(2,19-11-7-4-8-12-19)21-13-22(27(35,16-34)20(21)14-33)32-17-29-23-24(32)30-26(28)31-25(23)36-15-18-9-5-3-6-10-18/h3-12,17,20-22,33-35H,13-16H2,1-2H3,(H2,28,30,31)/t20-,21+,22+,27+/m1/s1. The van der Waals surface area contributed by atoms with Gasteiger partial charge in [-0.25, -0.2) is 4.98 Å². The maximum atomic E-state index is 11.9. The van der Waals surface area contributed by atoms with Crippen molar-refractivity contribution in [1.29, 1.82) is 0 Å². The highest BCUT2D eigenvalue weighted by molar-refractivity contribution is 6.91. The van der Waals surface area contributed by atoms with Crippen LogP contribution in [0, 0.1) is 5.92 Å². The maximum Gasteiger partial charge on any atom is 0.247 e. The zero-order chi connectivity index (χ0) is 26.2. The van der Waals surface area contributed by atoms with Crippen LogP contribution in [-0.4, -0.2) is 61.7 Å². The monoisotopic (exact) mass is 519 g/mol. The van der Waals surface area contributed by atoms with Gasteiger partial charge in [0.15, 0.2) is 11.2 Å². The number of nitrogens with two attached hydrogens (primary N) is 1. The molecule has 194 valence electrons. The SMILES string of the molecule is C[Si](C)(c1ccccc1)[C@H]1C[C@H](n2cnc3c(OCc4ccccc4)nc(N)nc32)[C@](O)(CO)[C@@H]1CO. The summed E-state index contributed by atoms with van der Waals surface area (Å²) in [4.78, 5) is 13.2. The maximum absolute atomic E-state index is 11.9. The number of rotatable bonds is 8. The Morgan fingerprint density at radius 3 is 2.38 bits per heavy atom. The second-order valence-corrected chi connectivity index (χ2v) is 15.1. The summed E-state index contributed by atoms with van der Waals surface area (Å²) in [7, 11) is -2.18. The first kappa shape index (κ1) is 25.3. The first-order chi connectivity index (χ1) is 17.8. The van der Waals surface area contributed by atoms with E-state index in [0.29, 0.717) is 17.6 Å². The van der Waals surface area contributed by atoms with E-state index in [1.165, 1.54) is 5.19 Å². The summed E-state index contributed by atoms with van der Waals surface area (Å²) in [5.41, 5.74) is 6.30. The smallest absolute Gasteiger partial charge is 0.247 e. The number of nitrogens with zero attached hydrogens (tertiary/aromatic N) is 4. The molecule has 1 fully saturated rings. The summed E-state index contributed by atoms with van der Waals surface area (Å²) in [6.07, 6.45) is 2.14. The number of nitrogen functional groups attached to an aromatic ring is 1. The van der Waals surface area contributed by atoms with E-state index in [1.54, 1.807) is 10.9 Å². The number of benzene rings is 2. The summed E-state index contributed by atoms with van der Waals surface area (Å²) in [6.45, 7) is 4.04. The van der Waals surface area contributed by atoms with Crippen LogP contribution in [0.15, 0.2) is 67.0 Å². The molecule has 2 aromatic carbocycles. The Balaban J connectivity index is 1.54. The van der Waals surface area contributed by atoms with E-state index in [2.05, 4.69) is 40.2 Å². The van der Waals surface area contributed by atoms with Gasteiger partial charge in [-0.1, -0.05) is 78.9 Å². The van der Waals surface area contributed by atoms with E-state index in [1.807, 2.05) is 48.5 Å². The minimum absolute atomic E-state index is 0.00696. The van der Waals surface area contributed by atoms with Crippen LogP contribution in [0.3, 0.4) is 0 Å². The number of aliphatic hydroxyl groups is 3. The molecule has 0 aliphatic heterocycles. The highest BCUT2D eigenvalue weighted by Gasteiger charge is 2.59. The molecule has 1 aliphatic rings. The lowest BCUT2D eigenvalue weighted by Crippen LogP contribution is -2.52. The number of aromatic nitrogens is 4. The molecule has 0 radical (unpaired) electrons. The predicted molar refractivity (Wildman–Crippen MR) is 144 cm³/mol.